The summed E-state index contributed by atoms with van der Waals surface area (Å²) in [7, 11) is 0. The van der Waals surface area contributed by atoms with Crippen molar-refractivity contribution >= 4 is 71.2 Å². The van der Waals surface area contributed by atoms with Gasteiger partial charge in [0.2, 0.25) is 0 Å². The molecule has 0 unspecified atom stereocenters. The number of para-hydroxylation sites is 3. The third-order valence-electron chi connectivity index (χ3n) is 8.90. The van der Waals surface area contributed by atoms with Crippen LogP contribution in [0.25, 0.3) is 59.8 Å². The Labute approximate surface area is 255 Å². The number of fused-ring (bicyclic) bond motifs is 9. The molecule has 0 N–H and O–H groups in total. The molecule has 9 aromatic rings. The first kappa shape index (κ1) is 24.7. The molecule has 0 spiro atoms. The summed E-state index contributed by atoms with van der Waals surface area (Å²) < 4.78 is 2.44. The largest absolute Gasteiger partial charge is 0.310 e. The number of benzene rings is 8. The van der Waals surface area contributed by atoms with Gasteiger partial charge < -0.3 is 9.47 Å². The molecule has 1 heterocycles. The normalized spacial score (nSPS) is 11.6. The summed E-state index contributed by atoms with van der Waals surface area (Å²) in [5, 5.41) is 10.3. The van der Waals surface area contributed by atoms with Gasteiger partial charge >= 0.3 is 0 Å². The predicted octanol–water partition coefficient (Wildman–Crippen LogP) is 11.7. The second kappa shape index (κ2) is 9.86. The first-order valence-corrected chi connectivity index (χ1v) is 15.1. The summed E-state index contributed by atoms with van der Waals surface area (Å²) in [5.41, 5.74) is 6.92. The Morgan fingerprint density at radius 2 is 0.909 bits per heavy atom. The van der Waals surface area contributed by atoms with Gasteiger partial charge in [0.25, 0.3) is 0 Å². The highest BCUT2D eigenvalue weighted by Crippen LogP contribution is 2.43. The van der Waals surface area contributed by atoms with Crippen molar-refractivity contribution in [3.63, 3.8) is 0 Å². The minimum absolute atomic E-state index is 1.11. The monoisotopic (exact) mass is 560 g/mol. The molecular weight excluding hydrogens is 532 g/mol. The Kier molecular flexibility index (Phi) is 5.54. The van der Waals surface area contributed by atoms with Crippen LogP contribution in [-0.2, 0) is 0 Å². The van der Waals surface area contributed by atoms with Gasteiger partial charge in [0.1, 0.15) is 0 Å². The van der Waals surface area contributed by atoms with Crippen molar-refractivity contribution in [2.45, 2.75) is 0 Å². The highest BCUT2D eigenvalue weighted by atomic mass is 15.1. The molecule has 8 aromatic carbocycles. The molecule has 0 fully saturated rings. The van der Waals surface area contributed by atoms with E-state index in [1.165, 1.54) is 54.1 Å². The van der Waals surface area contributed by atoms with Crippen LogP contribution < -0.4 is 4.90 Å². The van der Waals surface area contributed by atoms with Crippen molar-refractivity contribution in [2.75, 3.05) is 4.90 Å². The van der Waals surface area contributed by atoms with Crippen LogP contribution >= 0.6 is 0 Å². The Morgan fingerprint density at radius 1 is 0.341 bits per heavy atom. The Hall–Kier alpha value is -5.86. The van der Waals surface area contributed by atoms with Crippen LogP contribution in [0.2, 0.25) is 0 Å². The Balaban J connectivity index is 1.36. The molecule has 206 valence electrons. The van der Waals surface area contributed by atoms with Crippen molar-refractivity contribution in [3.8, 4) is 5.69 Å². The molecule has 1 aromatic heterocycles. The summed E-state index contributed by atoms with van der Waals surface area (Å²) in [6.45, 7) is 0. The lowest BCUT2D eigenvalue weighted by Gasteiger charge is -2.26. The molecule has 0 aliphatic heterocycles. The van der Waals surface area contributed by atoms with Crippen LogP contribution in [-0.4, -0.2) is 4.57 Å². The number of rotatable bonds is 4. The van der Waals surface area contributed by atoms with E-state index in [0.717, 1.165) is 22.7 Å². The maximum atomic E-state index is 2.44. The summed E-state index contributed by atoms with van der Waals surface area (Å²) in [6.07, 6.45) is 0. The van der Waals surface area contributed by atoms with E-state index in [4.69, 9.17) is 0 Å². The van der Waals surface area contributed by atoms with E-state index < -0.39 is 0 Å². The fraction of sp³-hybridized carbons (Fsp3) is 0. The van der Waals surface area contributed by atoms with Crippen molar-refractivity contribution < 1.29 is 0 Å². The van der Waals surface area contributed by atoms with E-state index in [2.05, 4.69) is 179 Å². The van der Waals surface area contributed by atoms with E-state index in [0.29, 0.717) is 0 Å². The van der Waals surface area contributed by atoms with Gasteiger partial charge in [-0.05, 0) is 81.5 Å². The van der Waals surface area contributed by atoms with Gasteiger partial charge in [-0.3, -0.25) is 0 Å². The molecule has 2 heteroatoms. The maximum Gasteiger partial charge on any atom is 0.0547 e. The van der Waals surface area contributed by atoms with Crippen LogP contribution in [0, 0.1) is 0 Å². The lowest BCUT2D eigenvalue weighted by Crippen LogP contribution is -2.10. The molecule has 0 aliphatic carbocycles. The minimum atomic E-state index is 1.11. The molecule has 0 radical (unpaired) electrons. The van der Waals surface area contributed by atoms with Gasteiger partial charge in [-0.25, -0.2) is 0 Å². The fourth-order valence-electron chi connectivity index (χ4n) is 7.02. The van der Waals surface area contributed by atoms with E-state index >= 15 is 0 Å². The molecule has 0 bridgehead atoms. The molecule has 0 aliphatic rings. The number of anilines is 3. The molecular formula is C42H28N2. The van der Waals surface area contributed by atoms with Crippen molar-refractivity contribution in [1.29, 1.82) is 0 Å². The predicted molar refractivity (Wildman–Crippen MR) is 188 cm³/mol. The standard InChI is InChI=1S/C42H28N2/c1-3-13-32(14-4-1)43(33-15-5-2-6-16-33)34-17-11-18-35(28-34)44-38-21-10-9-20-37(38)42-39(44)27-26-31-25-24-30-23-22-29-12-7-8-19-36(29)40(30)41(31)42/h1-28H. The maximum absolute atomic E-state index is 2.44. The third kappa shape index (κ3) is 3.75. The summed E-state index contributed by atoms with van der Waals surface area (Å²) >= 11 is 0. The van der Waals surface area contributed by atoms with Crippen LogP contribution in [0.3, 0.4) is 0 Å². The number of nitrogens with zero attached hydrogens (tertiary/aromatic N) is 2. The molecule has 0 amide bonds. The van der Waals surface area contributed by atoms with Crippen molar-refractivity contribution in [3.05, 3.63) is 170 Å². The molecule has 0 atom stereocenters. The molecule has 0 saturated heterocycles. The van der Waals surface area contributed by atoms with Gasteiger partial charge in [0.05, 0.1) is 11.0 Å². The van der Waals surface area contributed by atoms with Gasteiger partial charge in [-0.15, -0.1) is 0 Å². The summed E-state index contributed by atoms with van der Waals surface area (Å²) in [4.78, 5) is 2.33. The number of hydrogen-bond donors (Lipinski definition) is 0. The first-order chi connectivity index (χ1) is 21.8. The van der Waals surface area contributed by atoms with E-state index in [1.807, 2.05) is 0 Å². The zero-order valence-corrected chi connectivity index (χ0v) is 24.1. The first-order valence-electron chi connectivity index (χ1n) is 15.1. The van der Waals surface area contributed by atoms with Crippen molar-refractivity contribution in [1.82, 2.24) is 4.57 Å². The second-order valence-corrected chi connectivity index (χ2v) is 11.4. The molecule has 0 saturated carbocycles. The minimum Gasteiger partial charge on any atom is -0.310 e. The second-order valence-electron chi connectivity index (χ2n) is 11.4. The average molecular weight is 561 g/mol. The van der Waals surface area contributed by atoms with Crippen LogP contribution in [0.4, 0.5) is 17.1 Å². The highest BCUT2D eigenvalue weighted by molar-refractivity contribution is 6.32. The topological polar surface area (TPSA) is 8.17 Å². The lowest BCUT2D eigenvalue weighted by atomic mass is 9.94. The molecule has 9 rings (SSSR count). The number of aromatic nitrogens is 1. The van der Waals surface area contributed by atoms with E-state index in [9.17, 15) is 0 Å². The van der Waals surface area contributed by atoms with Crippen LogP contribution in [0.5, 0.6) is 0 Å². The van der Waals surface area contributed by atoms with Gasteiger partial charge in [0.15, 0.2) is 0 Å². The fourth-order valence-corrected chi connectivity index (χ4v) is 7.02. The van der Waals surface area contributed by atoms with Crippen LogP contribution in [0.1, 0.15) is 0 Å². The zero-order valence-electron chi connectivity index (χ0n) is 24.1. The molecule has 44 heavy (non-hydrogen) atoms. The number of hydrogen-bond acceptors (Lipinski definition) is 1. The van der Waals surface area contributed by atoms with E-state index in [-0.39, 0.29) is 0 Å². The lowest BCUT2D eigenvalue weighted by molar-refractivity contribution is 1.17. The van der Waals surface area contributed by atoms with Crippen molar-refractivity contribution in [2.24, 2.45) is 0 Å². The Bertz CT molecular complexity index is 2450. The van der Waals surface area contributed by atoms with Gasteiger partial charge in [-0.2, -0.15) is 0 Å². The van der Waals surface area contributed by atoms with Gasteiger partial charge in [-0.1, -0.05) is 115 Å². The highest BCUT2D eigenvalue weighted by Gasteiger charge is 2.19. The van der Waals surface area contributed by atoms with Gasteiger partial charge in [0, 0.05) is 38.9 Å². The quantitative estimate of drug-likeness (QED) is 0.194. The average Bonchev–Trinajstić information content (AvgIpc) is 3.44. The van der Waals surface area contributed by atoms with E-state index in [1.54, 1.807) is 0 Å². The smallest absolute Gasteiger partial charge is 0.0547 e. The summed E-state index contributed by atoms with van der Waals surface area (Å²) in [5.74, 6) is 0. The SMILES string of the molecule is c1ccc(N(c2ccccc2)c2cccc(-n3c4ccccc4c4c5c(ccc6ccc7ccccc7c65)ccc43)c2)cc1. The van der Waals surface area contributed by atoms with Crippen LogP contribution in [0.15, 0.2) is 170 Å². The summed E-state index contributed by atoms with van der Waals surface area (Å²) in [6, 6.07) is 61.4. The zero-order chi connectivity index (χ0) is 29.0. The third-order valence-corrected chi connectivity index (χ3v) is 8.90. The molecule has 2 nitrogen and oxygen atoms in total. The Morgan fingerprint density at radius 3 is 1.66 bits per heavy atom.